The zero-order valence-corrected chi connectivity index (χ0v) is 13.7. The van der Waals surface area contributed by atoms with Gasteiger partial charge in [0, 0.05) is 25.7 Å². The molecule has 0 bridgehead atoms. The highest BCUT2D eigenvalue weighted by molar-refractivity contribution is 5.78. The van der Waals surface area contributed by atoms with Gasteiger partial charge >= 0.3 is 0 Å². The first-order valence-electron chi connectivity index (χ1n) is 8.74. The number of β-amino-alcohol motifs (C(OH)–C–C–N with tert-alkyl or cyclic N) is 1. The molecule has 1 unspecified atom stereocenters. The second-order valence-electron chi connectivity index (χ2n) is 6.77. The van der Waals surface area contributed by atoms with Crippen LogP contribution < -0.4 is 11.1 Å². The topological polar surface area (TPSA) is 73.9 Å². The van der Waals surface area contributed by atoms with Crippen LogP contribution in [0.5, 0.6) is 0 Å². The fourth-order valence-electron chi connectivity index (χ4n) is 3.56. The molecule has 126 valence electrons. The number of rotatable bonds is 5. The lowest BCUT2D eigenvalue weighted by Gasteiger charge is -2.17. The van der Waals surface area contributed by atoms with Crippen LogP contribution in [0, 0.1) is 0 Å². The van der Waals surface area contributed by atoms with Crippen LogP contribution in [0.2, 0.25) is 0 Å². The molecule has 0 spiro atoms. The zero-order chi connectivity index (χ0) is 16.1. The molecular formula is C18H28N4O. The van der Waals surface area contributed by atoms with Crippen LogP contribution in [-0.2, 0) is 13.1 Å². The van der Waals surface area contributed by atoms with Gasteiger partial charge in [0.05, 0.1) is 12.6 Å². The summed E-state index contributed by atoms with van der Waals surface area (Å²) in [4.78, 5) is 6.82. The zero-order valence-electron chi connectivity index (χ0n) is 13.7. The summed E-state index contributed by atoms with van der Waals surface area (Å²) in [5.74, 6) is 0.559. The first kappa shape index (κ1) is 16.3. The molecule has 5 heteroatoms. The summed E-state index contributed by atoms with van der Waals surface area (Å²) in [6, 6.07) is 8.88. The lowest BCUT2D eigenvalue weighted by molar-refractivity contribution is 0.174. The molecule has 1 heterocycles. The molecular weight excluding hydrogens is 288 g/mol. The van der Waals surface area contributed by atoms with E-state index in [1.54, 1.807) is 0 Å². The number of nitrogens with zero attached hydrogens (tertiary/aromatic N) is 2. The summed E-state index contributed by atoms with van der Waals surface area (Å²) < 4.78 is 0. The molecule has 5 nitrogen and oxygen atoms in total. The van der Waals surface area contributed by atoms with Gasteiger partial charge in [0.25, 0.3) is 0 Å². The molecule has 1 aliphatic heterocycles. The number of hydrogen-bond acceptors (Lipinski definition) is 3. The highest BCUT2D eigenvalue weighted by Gasteiger charge is 2.20. The van der Waals surface area contributed by atoms with E-state index in [2.05, 4.69) is 33.4 Å². The molecule has 1 aromatic rings. The SMILES string of the molecule is NC(=NCc1ccccc1CN1CCC(O)C1)NC1CCCC1. The number of hydrogen-bond donors (Lipinski definition) is 3. The van der Waals surface area contributed by atoms with Gasteiger partial charge in [-0.25, -0.2) is 4.99 Å². The Morgan fingerprint density at radius 2 is 1.96 bits per heavy atom. The Hall–Kier alpha value is -1.59. The van der Waals surface area contributed by atoms with E-state index < -0.39 is 0 Å². The Bertz CT molecular complexity index is 540. The number of aliphatic hydroxyl groups is 1. The Morgan fingerprint density at radius 1 is 1.22 bits per heavy atom. The third-order valence-corrected chi connectivity index (χ3v) is 4.89. The summed E-state index contributed by atoms with van der Waals surface area (Å²) in [5, 5.41) is 13.0. The fraction of sp³-hybridized carbons (Fsp3) is 0.611. The molecule has 0 radical (unpaired) electrons. The standard InChI is InChI=1S/C18H28N4O/c19-18(21-16-7-3-4-8-16)20-11-14-5-1-2-6-15(14)12-22-10-9-17(23)13-22/h1-2,5-6,16-17,23H,3-4,7-13H2,(H3,19,20,21). The number of likely N-dealkylation sites (tertiary alicyclic amines) is 1. The number of nitrogens with one attached hydrogen (secondary N) is 1. The molecule has 2 aliphatic rings. The molecule has 4 N–H and O–H groups in total. The second kappa shape index (κ2) is 7.79. The Morgan fingerprint density at radius 3 is 2.65 bits per heavy atom. The Labute approximate surface area is 138 Å². The number of guanidine groups is 1. The first-order chi connectivity index (χ1) is 11.2. The predicted molar refractivity (Wildman–Crippen MR) is 93.1 cm³/mol. The molecule has 23 heavy (non-hydrogen) atoms. The van der Waals surface area contributed by atoms with Gasteiger partial charge in [-0.05, 0) is 30.4 Å². The normalized spacial score (nSPS) is 23.5. The van der Waals surface area contributed by atoms with Gasteiger partial charge in [-0.2, -0.15) is 0 Å². The van der Waals surface area contributed by atoms with Gasteiger partial charge < -0.3 is 16.2 Å². The average molecular weight is 316 g/mol. The van der Waals surface area contributed by atoms with Crippen molar-refractivity contribution in [1.29, 1.82) is 0 Å². The van der Waals surface area contributed by atoms with Crippen LogP contribution in [0.3, 0.4) is 0 Å². The number of aliphatic hydroxyl groups excluding tert-OH is 1. The van der Waals surface area contributed by atoms with Crippen molar-refractivity contribution in [2.45, 2.75) is 57.3 Å². The van der Waals surface area contributed by atoms with E-state index in [4.69, 9.17) is 5.73 Å². The maximum absolute atomic E-state index is 9.67. The van der Waals surface area contributed by atoms with Crippen LogP contribution in [0.25, 0.3) is 0 Å². The smallest absolute Gasteiger partial charge is 0.189 e. The van der Waals surface area contributed by atoms with E-state index in [1.807, 2.05) is 6.07 Å². The van der Waals surface area contributed by atoms with Crippen molar-refractivity contribution in [2.75, 3.05) is 13.1 Å². The Kier molecular flexibility index (Phi) is 5.51. The van der Waals surface area contributed by atoms with Gasteiger partial charge in [0.1, 0.15) is 0 Å². The van der Waals surface area contributed by atoms with E-state index in [9.17, 15) is 5.11 Å². The lowest BCUT2D eigenvalue weighted by atomic mass is 10.1. The summed E-state index contributed by atoms with van der Waals surface area (Å²) in [6.45, 7) is 3.21. The van der Waals surface area contributed by atoms with Crippen molar-refractivity contribution in [3.8, 4) is 0 Å². The number of aliphatic imine (C=N–C) groups is 1. The monoisotopic (exact) mass is 316 g/mol. The van der Waals surface area contributed by atoms with Crippen molar-refractivity contribution in [3.63, 3.8) is 0 Å². The molecule has 1 aliphatic carbocycles. The van der Waals surface area contributed by atoms with Crippen molar-refractivity contribution in [3.05, 3.63) is 35.4 Å². The van der Waals surface area contributed by atoms with Gasteiger partial charge in [-0.15, -0.1) is 0 Å². The molecule has 1 saturated heterocycles. The number of nitrogens with two attached hydrogens (primary N) is 1. The highest BCUT2D eigenvalue weighted by atomic mass is 16.3. The van der Waals surface area contributed by atoms with Crippen LogP contribution in [0.15, 0.2) is 29.3 Å². The van der Waals surface area contributed by atoms with Crippen molar-refractivity contribution >= 4 is 5.96 Å². The van der Waals surface area contributed by atoms with E-state index in [1.165, 1.54) is 36.8 Å². The highest BCUT2D eigenvalue weighted by Crippen LogP contribution is 2.18. The van der Waals surface area contributed by atoms with Gasteiger partial charge in [0.15, 0.2) is 5.96 Å². The number of benzene rings is 1. The van der Waals surface area contributed by atoms with Gasteiger partial charge in [-0.3, -0.25) is 4.90 Å². The molecule has 1 atom stereocenters. The molecule has 1 aromatic carbocycles. The van der Waals surface area contributed by atoms with Gasteiger partial charge in [-0.1, -0.05) is 37.1 Å². The summed E-state index contributed by atoms with van der Waals surface area (Å²) in [6.07, 6.45) is 5.67. The summed E-state index contributed by atoms with van der Waals surface area (Å²) in [5.41, 5.74) is 8.52. The van der Waals surface area contributed by atoms with Crippen molar-refractivity contribution in [1.82, 2.24) is 10.2 Å². The van der Waals surface area contributed by atoms with E-state index in [0.29, 0.717) is 18.5 Å². The molecule has 0 amide bonds. The van der Waals surface area contributed by atoms with E-state index >= 15 is 0 Å². The van der Waals surface area contributed by atoms with Crippen LogP contribution in [0.1, 0.15) is 43.2 Å². The van der Waals surface area contributed by atoms with Crippen LogP contribution >= 0.6 is 0 Å². The lowest BCUT2D eigenvalue weighted by Crippen LogP contribution is -2.38. The average Bonchev–Trinajstić information content (AvgIpc) is 3.18. The Balaban J connectivity index is 1.58. The first-order valence-corrected chi connectivity index (χ1v) is 8.74. The van der Waals surface area contributed by atoms with Crippen LogP contribution in [-0.4, -0.2) is 41.2 Å². The second-order valence-corrected chi connectivity index (χ2v) is 6.77. The quantitative estimate of drug-likeness (QED) is 0.570. The minimum absolute atomic E-state index is 0.175. The summed E-state index contributed by atoms with van der Waals surface area (Å²) in [7, 11) is 0. The molecule has 1 saturated carbocycles. The largest absolute Gasteiger partial charge is 0.392 e. The fourth-order valence-corrected chi connectivity index (χ4v) is 3.56. The van der Waals surface area contributed by atoms with Crippen molar-refractivity contribution in [2.24, 2.45) is 10.7 Å². The maximum Gasteiger partial charge on any atom is 0.189 e. The third kappa shape index (κ3) is 4.69. The molecule has 2 fully saturated rings. The minimum atomic E-state index is -0.175. The van der Waals surface area contributed by atoms with Crippen molar-refractivity contribution < 1.29 is 5.11 Å². The molecule has 0 aromatic heterocycles. The summed E-state index contributed by atoms with van der Waals surface area (Å²) >= 11 is 0. The van der Waals surface area contributed by atoms with Gasteiger partial charge in [0.2, 0.25) is 0 Å². The predicted octanol–water partition coefficient (Wildman–Crippen LogP) is 1.60. The minimum Gasteiger partial charge on any atom is -0.392 e. The third-order valence-electron chi connectivity index (χ3n) is 4.89. The van der Waals surface area contributed by atoms with E-state index in [-0.39, 0.29) is 6.10 Å². The van der Waals surface area contributed by atoms with Crippen LogP contribution in [0.4, 0.5) is 0 Å². The van der Waals surface area contributed by atoms with E-state index in [0.717, 1.165) is 26.1 Å². The maximum atomic E-state index is 9.67. The molecule has 3 rings (SSSR count).